The maximum Gasteiger partial charge on any atom is 0.340 e. The first kappa shape index (κ1) is 15.7. The molecule has 7 heteroatoms. The Labute approximate surface area is 130 Å². The number of nitrogens with zero attached hydrogens (tertiary/aromatic N) is 3. The van der Waals surface area contributed by atoms with Crippen LogP contribution in [-0.4, -0.2) is 33.0 Å². The Balaban J connectivity index is 2.66. The zero-order valence-corrected chi connectivity index (χ0v) is 13.4. The molecular weight excluding hydrogens is 338 g/mol. The van der Waals surface area contributed by atoms with Crippen LogP contribution < -0.4 is 0 Å². The SMILES string of the molecule is CCCc1nnc(CO)n1-c1ccc(Br)cc1C(=O)OC. The van der Waals surface area contributed by atoms with Gasteiger partial charge < -0.3 is 9.84 Å². The summed E-state index contributed by atoms with van der Waals surface area (Å²) in [6, 6.07) is 5.27. The van der Waals surface area contributed by atoms with Gasteiger partial charge in [-0.05, 0) is 24.6 Å². The summed E-state index contributed by atoms with van der Waals surface area (Å²) in [5, 5.41) is 17.5. The standard InChI is InChI=1S/C14H16BrN3O3/c1-3-4-12-16-17-13(8-19)18(12)11-6-5-9(15)7-10(11)14(20)21-2/h5-7,19H,3-4,8H2,1-2H3. The largest absolute Gasteiger partial charge is 0.465 e. The average Bonchev–Trinajstić information content (AvgIpc) is 2.89. The quantitative estimate of drug-likeness (QED) is 0.834. The van der Waals surface area contributed by atoms with Crippen LogP contribution in [0.2, 0.25) is 0 Å². The van der Waals surface area contributed by atoms with Crippen LogP contribution in [-0.2, 0) is 17.8 Å². The maximum atomic E-state index is 12.0. The predicted molar refractivity (Wildman–Crippen MR) is 80.3 cm³/mol. The molecule has 1 N–H and O–H groups in total. The summed E-state index contributed by atoms with van der Waals surface area (Å²) in [6.45, 7) is 1.77. The van der Waals surface area contributed by atoms with E-state index in [1.165, 1.54) is 7.11 Å². The number of benzene rings is 1. The van der Waals surface area contributed by atoms with Gasteiger partial charge in [0.2, 0.25) is 0 Å². The van der Waals surface area contributed by atoms with Crippen molar-refractivity contribution in [3.05, 3.63) is 39.9 Å². The second-order valence-corrected chi connectivity index (χ2v) is 5.34. The molecule has 112 valence electrons. The highest BCUT2D eigenvalue weighted by Gasteiger charge is 2.19. The number of aliphatic hydroxyl groups is 1. The molecule has 0 unspecified atom stereocenters. The van der Waals surface area contributed by atoms with Gasteiger partial charge >= 0.3 is 5.97 Å². The Morgan fingerprint density at radius 3 is 2.71 bits per heavy atom. The van der Waals surface area contributed by atoms with Crippen LogP contribution in [0.3, 0.4) is 0 Å². The lowest BCUT2D eigenvalue weighted by Crippen LogP contribution is -2.12. The summed E-state index contributed by atoms with van der Waals surface area (Å²) in [5.74, 6) is 0.645. The van der Waals surface area contributed by atoms with Crippen molar-refractivity contribution in [2.45, 2.75) is 26.4 Å². The summed E-state index contributed by atoms with van der Waals surface area (Å²) in [4.78, 5) is 12.0. The fourth-order valence-corrected chi connectivity index (χ4v) is 2.46. The van der Waals surface area contributed by atoms with E-state index < -0.39 is 5.97 Å². The van der Waals surface area contributed by atoms with Crippen molar-refractivity contribution in [3.8, 4) is 5.69 Å². The van der Waals surface area contributed by atoms with Gasteiger partial charge in [-0.2, -0.15) is 0 Å². The minimum atomic E-state index is -0.452. The highest BCUT2D eigenvalue weighted by molar-refractivity contribution is 9.10. The fraction of sp³-hybridized carbons (Fsp3) is 0.357. The van der Waals surface area contributed by atoms with Crippen molar-refractivity contribution in [3.63, 3.8) is 0 Å². The van der Waals surface area contributed by atoms with Gasteiger partial charge in [-0.25, -0.2) is 4.79 Å². The summed E-state index contributed by atoms with van der Waals surface area (Å²) in [5.41, 5.74) is 0.987. The number of hydrogen-bond acceptors (Lipinski definition) is 5. The van der Waals surface area contributed by atoms with Crippen molar-refractivity contribution < 1.29 is 14.6 Å². The number of aryl methyl sites for hydroxylation is 1. The predicted octanol–water partition coefficient (Wildman–Crippen LogP) is 2.26. The van der Waals surface area contributed by atoms with Gasteiger partial charge in [0.15, 0.2) is 5.82 Å². The molecule has 0 aliphatic rings. The number of rotatable bonds is 5. The van der Waals surface area contributed by atoms with Crippen molar-refractivity contribution in [1.82, 2.24) is 14.8 Å². The van der Waals surface area contributed by atoms with Crippen LogP contribution in [0, 0.1) is 0 Å². The van der Waals surface area contributed by atoms with E-state index in [0.29, 0.717) is 29.3 Å². The van der Waals surface area contributed by atoms with Crippen LogP contribution >= 0.6 is 15.9 Å². The molecule has 0 aliphatic heterocycles. The van der Waals surface area contributed by atoms with Gasteiger partial charge in [-0.15, -0.1) is 10.2 Å². The number of methoxy groups -OCH3 is 1. The second kappa shape index (κ2) is 6.82. The third-order valence-corrected chi connectivity index (χ3v) is 3.51. The number of aliphatic hydroxyl groups excluding tert-OH is 1. The monoisotopic (exact) mass is 353 g/mol. The summed E-state index contributed by atoms with van der Waals surface area (Å²) in [7, 11) is 1.33. The number of halogens is 1. The topological polar surface area (TPSA) is 77.2 Å². The van der Waals surface area contributed by atoms with Crippen LogP contribution in [0.5, 0.6) is 0 Å². The Hall–Kier alpha value is -1.73. The van der Waals surface area contributed by atoms with Gasteiger partial charge in [0.25, 0.3) is 0 Å². The third kappa shape index (κ3) is 3.14. The molecule has 2 aromatic rings. The first-order chi connectivity index (χ1) is 10.1. The maximum absolute atomic E-state index is 12.0. The van der Waals surface area contributed by atoms with Gasteiger partial charge in [0.1, 0.15) is 12.4 Å². The molecule has 0 atom stereocenters. The molecule has 0 saturated heterocycles. The summed E-state index contributed by atoms with van der Waals surface area (Å²) >= 11 is 3.34. The Morgan fingerprint density at radius 2 is 2.10 bits per heavy atom. The number of ether oxygens (including phenoxy) is 1. The van der Waals surface area contributed by atoms with E-state index in [0.717, 1.165) is 10.9 Å². The van der Waals surface area contributed by atoms with Gasteiger partial charge in [0.05, 0.1) is 18.4 Å². The van der Waals surface area contributed by atoms with Crippen molar-refractivity contribution >= 4 is 21.9 Å². The third-order valence-electron chi connectivity index (χ3n) is 3.02. The molecule has 2 rings (SSSR count). The molecule has 1 aromatic heterocycles. The zero-order valence-electron chi connectivity index (χ0n) is 11.8. The highest BCUT2D eigenvalue weighted by Crippen LogP contribution is 2.24. The van der Waals surface area contributed by atoms with E-state index in [4.69, 9.17) is 4.74 Å². The van der Waals surface area contributed by atoms with Crippen LogP contribution in [0.1, 0.15) is 35.4 Å². The molecule has 21 heavy (non-hydrogen) atoms. The molecule has 0 radical (unpaired) electrons. The summed E-state index contributed by atoms with van der Waals surface area (Å²) in [6.07, 6.45) is 1.58. The molecule has 0 amide bonds. The van der Waals surface area contributed by atoms with Crippen molar-refractivity contribution in [2.24, 2.45) is 0 Å². The van der Waals surface area contributed by atoms with Crippen LogP contribution in [0.4, 0.5) is 0 Å². The lowest BCUT2D eigenvalue weighted by Gasteiger charge is -2.13. The Morgan fingerprint density at radius 1 is 1.38 bits per heavy atom. The van der Waals surface area contributed by atoms with E-state index in [2.05, 4.69) is 26.1 Å². The molecule has 6 nitrogen and oxygen atoms in total. The van der Waals surface area contributed by atoms with E-state index in [-0.39, 0.29) is 6.61 Å². The normalized spacial score (nSPS) is 10.7. The van der Waals surface area contributed by atoms with E-state index in [1.54, 1.807) is 16.7 Å². The van der Waals surface area contributed by atoms with Crippen LogP contribution in [0.15, 0.2) is 22.7 Å². The second-order valence-electron chi connectivity index (χ2n) is 4.43. The smallest absolute Gasteiger partial charge is 0.340 e. The average molecular weight is 354 g/mol. The Kier molecular flexibility index (Phi) is 5.08. The molecule has 0 aliphatic carbocycles. The fourth-order valence-electron chi connectivity index (χ4n) is 2.10. The molecule has 0 saturated carbocycles. The molecule has 1 heterocycles. The first-order valence-corrected chi connectivity index (χ1v) is 7.33. The van der Waals surface area contributed by atoms with Gasteiger partial charge in [-0.1, -0.05) is 22.9 Å². The van der Waals surface area contributed by atoms with Crippen molar-refractivity contribution in [2.75, 3.05) is 7.11 Å². The number of carbonyl (C=O) groups excluding carboxylic acids is 1. The van der Waals surface area contributed by atoms with Crippen LogP contribution in [0.25, 0.3) is 5.69 Å². The molecule has 1 aromatic carbocycles. The first-order valence-electron chi connectivity index (χ1n) is 6.54. The molecular formula is C14H16BrN3O3. The van der Waals surface area contributed by atoms with Gasteiger partial charge in [0, 0.05) is 10.9 Å². The summed E-state index contributed by atoms with van der Waals surface area (Å²) < 4.78 is 7.30. The van der Waals surface area contributed by atoms with E-state index >= 15 is 0 Å². The lowest BCUT2D eigenvalue weighted by molar-refractivity contribution is 0.0600. The number of hydrogen-bond donors (Lipinski definition) is 1. The van der Waals surface area contributed by atoms with Gasteiger partial charge in [-0.3, -0.25) is 4.57 Å². The minimum absolute atomic E-state index is 0.257. The van der Waals surface area contributed by atoms with E-state index in [9.17, 15) is 9.90 Å². The molecule has 0 fully saturated rings. The Bertz CT molecular complexity index is 655. The molecule has 0 spiro atoms. The number of esters is 1. The number of carbonyl (C=O) groups is 1. The minimum Gasteiger partial charge on any atom is -0.465 e. The number of aromatic nitrogens is 3. The van der Waals surface area contributed by atoms with Crippen molar-refractivity contribution in [1.29, 1.82) is 0 Å². The zero-order chi connectivity index (χ0) is 15.4. The van der Waals surface area contributed by atoms with E-state index in [1.807, 2.05) is 13.0 Å². The molecule has 0 bridgehead atoms. The lowest BCUT2D eigenvalue weighted by atomic mass is 10.1. The highest BCUT2D eigenvalue weighted by atomic mass is 79.9.